The van der Waals surface area contributed by atoms with Gasteiger partial charge in [-0.1, -0.05) is 54.1 Å². The van der Waals surface area contributed by atoms with Crippen LogP contribution in [0.3, 0.4) is 0 Å². The lowest BCUT2D eigenvalue weighted by molar-refractivity contribution is 0.0981. The van der Waals surface area contributed by atoms with E-state index in [0.717, 1.165) is 36.0 Å². The van der Waals surface area contributed by atoms with Gasteiger partial charge in [0.2, 0.25) is 10.0 Å². The lowest BCUT2D eigenvalue weighted by Gasteiger charge is -2.27. The highest BCUT2D eigenvalue weighted by atomic mass is 35.5. The second kappa shape index (κ2) is 13.6. The standard InChI is InChI=1S/C28H31ClN2O5S.ClH/c29-25-11-8-21(9-12-25)27(33)18-30-26-13-10-20-4-7-23(16-24(20)17-26)19-2-5-22(6-3-19)28(34)31-37(35,36)15-1-14-32;/h2-9,11-12,16,26-27,30,32-33H,1,10,13-15,17-18H2,(H,31,34);1H/t26-,27-;/m0./s1. The van der Waals surface area contributed by atoms with E-state index in [1.807, 2.05) is 16.9 Å². The summed E-state index contributed by atoms with van der Waals surface area (Å²) in [4.78, 5) is 12.3. The van der Waals surface area contributed by atoms with E-state index in [-0.39, 0.29) is 42.8 Å². The number of hydrogen-bond acceptors (Lipinski definition) is 6. The summed E-state index contributed by atoms with van der Waals surface area (Å²) in [6.45, 7) is 0.202. The zero-order valence-corrected chi connectivity index (χ0v) is 23.2. The van der Waals surface area contributed by atoms with Crippen LogP contribution in [0, 0.1) is 0 Å². The topological polar surface area (TPSA) is 116 Å². The zero-order chi connectivity index (χ0) is 26.4. The van der Waals surface area contributed by atoms with Gasteiger partial charge in [-0.2, -0.15) is 0 Å². The highest BCUT2D eigenvalue weighted by molar-refractivity contribution is 7.90. The first-order chi connectivity index (χ1) is 17.7. The lowest BCUT2D eigenvalue weighted by atomic mass is 9.86. The van der Waals surface area contributed by atoms with Crippen molar-refractivity contribution in [2.45, 2.75) is 37.8 Å². The van der Waals surface area contributed by atoms with E-state index in [9.17, 15) is 18.3 Å². The summed E-state index contributed by atoms with van der Waals surface area (Å²) in [7, 11) is -3.78. The number of sulfonamides is 1. The zero-order valence-electron chi connectivity index (χ0n) is 20.8. The molecule has 3 aromatic carbocycles. The predicted octanol–water partition coefficient (Wildman–Crippen LogP) is 4.05. The van der Waals surface area contributed by atoms with Crippen molar-refractivity contribution in [1.29, 1.82) is 0 Å². The second-order valence-corrected chi connectivity index (χ2v) is 11.6. The number of hydrogen-bond donors (Lipinski definition) is 4. The maximum absolute atomic E-state index is 12.3. The second-order valence-electron chi connectivity index (χ2n) is 9.30. The Morgan fingerprint density at radius 3 is 2.37 bits per heavy atom. The van der Waals surface area contributed by atoms with Crippen LogP contribution in [0.2, 0.25) is 5.02 Å². The van der Waals surface area contributed by atoms with Crippen molar-refractivity contribution in [3.05, 3.63) is 94.0 Å². The van der Waals surface area contributed by atoms with Crippen molar-refractivity contribution in [3.8, 4) is 11.1 Å². The first-order valence-corrected chi connectivity index (χ1v) is 14.3. The minimum absolute atomic E-state index is 0. The third-order valence-corrected chi connectivity index (χ3v) is 8.16. The van der Waals surface area contributed by atoms with Crippen LogP contribution in [0.15, 0.2) is 66.7 Å². The Morgan fingerprint density at radius 2 is 1.68 bits per heavy atom. The third kappa shape index (κ3) is 8.02. The van der Waals surface area contributed by atoms with Gasteiger partial charge >= 0.3 is 0 Å². The van der Waals surface area contributed by atoms with Crippen LogP contribution in [0.5, 0.6) is 0 Å². The van der Waals surface area contributed by atoms with Crippen LogP contribution in [0.4, 0.5) is 0 Å². The molecule has 0 aliphatic heterocycles. The van der Waals surface area contributed by atoms with Crippen LogP contribution in [-0.4, -0.2) is 49.5 Å². The molecule has 0 spiro atoms. The van der Waals surface area contributed by atoms with E-state index in [2.05, 4.69) is 23.5 Å². The molecule has 0 fully saturated rings. The Labute approximate surface area is 234 Å². The number of amides is 1. The summed E-state index contributed by atoms with van der Waals surface area (Å²) in [5, 5.41) is 23.5. The molecule has 3 aromatic rings. The van der Waals surface area contributed by atoms with Crippen molar-refractivity contribution in [2.24, 2.45) is 0 Å². The Kier molecular flexibility index (Phi) is 10.7. The van der Waals surface area contributed by atoms with Crippen molar-refractivity contribution in [3.63, 3.8) is 0 Å². The highest BCUT2D eigenvalue weighted by Gasteiger charge is 2.20. The predicted molar refractivity (Wildman–Crippen MR) is 152 cm³/mol. The summed E-state index contributed by atoms with van der Waals surface area (Å²) in [5.74, 6) is -0.997. The van der Waals surface area contributed by atoms with Crippen LogP contribution in [-0.2, 0) is 22.9 Å². The van der Waals surface area contributed by atoms with Gasteiger partial charge in [-0.25, -0.2) is 13.1 Å². The van der Waals surface area contributed by atoms with Crippen molar-refractivity contribution >= 4 is 39.9 Å². The van der Waals surface area contributed by atoms with Crippen molar-refractivity contribution < 1.29 is 23.4 Å². The molecule has 0 radical (unpaired) electrons. The first kappa shape index (κ1) is 30.1. The van der Waals surface area contributed by atoms with Crippen LogP contribution < -0.4 is 10.0 Å². The largest absolute Gasteiger partial charge is 0.396 e. The Hall–Kier alpha value is -2.46. The number of nitrogens with one attached hydrogen (secondary N) is 2. The Balaban J connectivity index is 0.00000400. The van der Waals surface area contributed by atoms with E-state index >= 15 is 0 Å². The molecule has 0 heterocycles. The molecule has 4 rings (SSSR count). The normalized spacial score (nSPS) is 15.7. The van der Waals surface area contributed by atoms with Crippen molar-refractivity contribution in [2.75, 3.05) is 18.9 Å². The molecule has 0 saturated heterocycles. The molecule has 10 heteroatoms. The van der Waals surface area contributed by atoms with Crippen LogP contribution >= 0.6 is 24.0 Å². The number of halogens is 2. The van der Waals surface area contributed by atoms with Crippen LogP contribution in [0.25, 0.3) is 11.1 Å². The SMILES string of the molecule is Cl.O=C(NS(=O)(=O)CCCO)c1ccc(-c2ccc3c(c2)C[C@@H](NC[C@H](O)c2ccc(Cl)cc2)CC3)cc1. The molecule has 1 aliphatic carbocycles. The molecule has 204 valence electrons. The smallest absolute Gasteiger partial charge is 0.264 e. The molecule has 38 heavy (non-hydrogen) atoms. The van der Waals surface area contributed by atoms with Gasteiger partial charge in [0.15, 0.2) is 0 Å². The number of rotatable bonds is 10. The maximum Gasteiger partial charge on any atom is 0.264 e. The average Bonchev–Trinajstić information content (AvgIpc) is 2.90. The van der Waals surface area contributed by atoms with E-state index in [1.165, 1.54) is 11.1 Å². The Morgan fingerprint density at radius 1 is 1.00 bits per heavy atom. The number of benzene rings is 3. The average molecular weight is 580 g/mol. The lowest BCUT2D eigenvalue weighted by Crippen LogP contribution is -2.37. The molecule has 4 N–H and O–H groups in total. The number of fused-ring (bicyclic) bond motifs is 1. The number of aliphatic hydroxyl groups excluding tert-OH is 2. The quantitative estimate of drug-likeness (QED) is 0.288. The molecule has 0 unspecified atom stereocenters. The fourth-order valence-corrected chi connectivity index (χ4v) is 5.65. The molecule has 0 bridgehead atoms. The van der Waals surface area contributed by atoms with E-state index < -0.39 is 22.0 Å². The minimum Gasteiger partial charge on any atom is -0.396 e. The summed E-state index contributed by atoms with van der Waals surface area (Å²) in [6.07, 6.45) is 2.26. The monoisotopic (exact) mass is 578 g/mol. The number of aryl methyl sites for hydroxylation is 1. The van der Waals surface area contributed by atoms with Gasteiger partial charge in [0.05, 0.1) is 11.9 Å². The van der Waals surface area contributed by atoms with Gasteiger partial charge in [-0.3, -0.25) is 4.79 Å². The molecular weight excluding hydrogens is 547 g/mol. The van der Waals surface area contributed by atoms with Gasteiger partial charge in [0.25, 0.3) is 5.91 Å². The molecule has 7 nitrogen and oxygen atoms in total. The first-order valence-electron chi connectivity index (χ1n) is 12.3. The maximum atomic E-state index is 12.3. The molecule has 2 atom stereocenters. The van der Waals surface area contributed by atoms with Gasteiger partial charge in [0, 0.05) is 29.8 Å². The molecular formula is C28H32Cl2N2O5S. The van der Waals surface area contributed by atoms with Gasteiger partial charge in [0.1, 0.15) is 0 Å². The van der Waals surface area contributed by atoms with E-state index in [0.29, 0.717) is 11.6 Å². The molecule has 1 amide bonds. The fraction of sp³-hybridized carbons (Fsp3) is 0.321. The number of carbonyl (C=O) groups excluding carboxylic acids is 1. The summed E-state index contributed by atoms with van der Waals surface area (Å²) >= 11 is 5.94. The van der Waals surface area contributed by atoms with Gasteiger partial charge in [-0.05, 0) is 77.8 Å². The number of carbonyl (C=O) groups is 1. The molecule has 1 aliphatic rings. The summed E-state index contributed by atoms with van der Waals surface area (Å²) in [6, 6.07) is 20.7. The van der Waals surface area contributed by atoms with Gasteiger partial charge < -0.3 is 15.5 Å². The minimum atomic E-state index is -3.78. The van der Waals surface area contributed by atoms with Crippen LogP contribution in [0.1, 0.15) is 46.0 Å². The van der Waals surface area contributed by atoms with Crippen molar-refractivity contribution in [1.82, 2.24) is 10.0 Å². The fourth-order valence-electron chi connectivity index (χ4n) is 4.51. The summed E-state index contributed by atoms with van der Waals surface area (Å²) in [5.41, 5.74) is 5.58. The van der Waals surface area contributed by atoms with E-state index in [1.54, 1.807) is 36.4 Å². The Bertz CT molecular complexity index is 1330. The number of aliphatic hydroxyl groups is 2. The van der Waals surface area contributed by atoms with E-state index in [4.69, 9.17) is 16.7 Å². The molecule has 0 aromatic heterocycles. The third-order valence-electron chi connectivity index (χ3n) is 6.59. The molecule has 0 saturated carbocycles. The van der Waals surface area contributed by atoms with Gasteiger partial charge in [-0.15, -0.1) is 12.4 Å². The highest BCUT2D eigenvalue weighted by Crippen LogP contribution is 2.28. The summed E-state index contributed by atoms with van der Waals surface area (Å²) < 4.78 is 25.9.